The van der Waals surface area contributed by atoms with E-state index in [1.807, 2.05) is 11.3 Å². The van der Waals surface area contributed by atoms with Gasteiger partial charge in [-0.3, -0.25) is 9.20 Å². The average molecular weight is 377 g/mol. The van der Waals surface area contributed by atoms with Crippen LogP contribution in [0.5, 0.6) is 0 Å². The van der Waals surface area contributed by atoms with E-state index in [-0.39, 0.29) is 11.7 Å². The van der Waals surface area contributed by atoms with Gasteiger partial charge in [0, 0.05) is 4.88 Å². The number of aryl methyl sites for hydroxylation is 2. The molecule has 1 aliphatic rings. The Labute approximate surface area is 154 Å². The number of carbonyl (C=O) groups excluding carboxylic acids is 1. The van der Waals surface area contributed by atoms with Crippen molar-refractivity contribution in [3.63, 3.8) is 0 Å². The lowest BCUT2D eigenvalue weighted by atomic mass is 9.89. The van der Waals surface area contributed by atoms with Gasteiger partial charge < -0.3 is 4.74 Å². The standard InChI is InChI=1S/C17H20N4O2S2/c1-4-23-13(22)8-24-17-20-19-15-14-11-6-5-9(2)7-12(11)25-16(14)18-10(3)21(15)17/h9H,4-8H2,1-3H3. The van der Waals surface area contributed by atoms with Crippen LogP contribution in [0.4, 0.5) is 0 Å². The van der Waals surface area contributed by atoms with E-state index in [9.17, 15) is 4.79 Å². The van der Waals surface area contributed by atoms with Crippen LogP contribution >= 0.6 is 23.1 Å². The van der Waals surface area contributed by atoms with Crippen molar-refractivity contribution in [2.45, 2.75) is 45.2 Å². The van der Waals surface area contributed by atoms with Crippen molar-refractivity contribution in [1.29, 1.82) is 0 Å². The highest BCUT2D eigenvalue weighted by Gasteiger charge is 2.25. The molecule has 0 radical (unpaired) electrons. The zero-order chi connectivity index (χ0) is 17.6. The van der Waals surface area contributed by atoms with Crippen LogP contribution in [0.3, 0.4) is 0 Å². The molecule has 0 spiro atoms. The molecule has 0 bridgehead atoms. The van der Waals surface area contributed by atoms with E-state index in [0.717, 1.165) is 40.4 Å². The fourth-order valence-electron chi connectivity index (χ4n) is 3.39. The Balaban J connectivity index is 1.79. The monoisotopic (exact) mass is 376 g/mol. The summed E-state index contributed by atoms with van der Waals surface area (Å²) in [6.07, 6.45) is 3.41. The minimum Gasteiger partial charge on any atom is -0.465 e. The summed E-state index contributed by atoms with van der Waals surface area (Å²) in [6.45, 7) is 6.47. The molecule has 0 saturated heterocycles. The van der Waals surface area contributed by atoms with Crippen LogP contribution in [-0.4, -0.2) is 37.9 Å². The lowest BCUT2D eigenvalue weighted by Gasteiger charge is -2.17. The van der Waals surface area contributed by atoms with Gasteiger partial charge in [-0.1, -0.05) is 18.7 Å². The maximum Gasteiger partial charge on any atom is 0.316 e. The molecule has 3 aromatic heterocycles. The van der Waals surface area contributed by atoms with Gasteiger partial charge in [-0.25, -0.2) is 4.98 Å². The van der Waals surface area contributed by atoms with Crippen molar-refractivity contribution in [1.82, 2.24) is 19.6 Å². The van der Waals surface area contributed by atoms with Crippen LogP contribution in [0, 0.1) is 12.8 Å². The molecule has 8 heteroatoms. The SMILES string of the molecule is CCOC(=O)CSc1nnc2c3c4c(sc3nc(C)n12)CC(C)CC4. The summed E-state index contributed by atoms with van der Waals surface area (Å²) in [5.74, 6) is 1.57. The molecule has 25 heavy (non-hydrogen) atoms. The van der Waals surface area contributed by atoms with E-state index >= 15 is 0 Å². The summed E-state index contributed by atoms with van der Waals surface area (Å²) < 4.78 is 6.96. The Hall–Kier alpha value is -1.67. The molecule has 0 amide bonds. The second-order valence-corrected chi connectivity index (χ2v) is 8.45. The Kier molecular flexibility index (Phi) is 4.41. The average Bonchev–Trinajstić information content (AvgIpc) is 3.13. The van der Waals surface area contributed by atoms with Crippen LogP contribution in [0.1, 0.15) is 36.5 Å². The van der Waals surface area contributed by atoms with Gasteiger partial charge in [-0.05, 0) is 44.6 Å². The lowest BCUT2D eigenvalue weighted by molar-refractivity contribution is -0.139. The smallest absolute Gasteiger partial charge is 0.316 e. The third-order valence-corrected chi connectivity index (χ3v) is 6.61. The number of ether oxygens (including phenoxy) is 1. The molecule has 1 atom stereocenters. The highest BCUT2D eigenvalue weighted by atomic mass is 32.2. The third kappa shape index (κ3) is 2.91. The number of thioether (sulfide) groups is 1. The topological polar surface area (TPSA) is 69.4 Å². The van der Waals surface area contributed by atoms with Gasteiger partial charge in [0.05, 0.1) is 17.7 Å². The van der Waals surface area contributed by atoms with Crippen LogP contribution in [-0.2, 0) is 22.4 Å². The van der Waals surface area contributed by atoms with Crippen molar-refractivity contribution < 1.29 is 9.53 Å². The number of thiophene rings is 1. The summed E-state index contributed by atoms with van der Waals surface area (Å²) in [7, 11) is 0. The van der Waals surface area contributed by atoms with Crippen LogP contribution in [0.25, 0.3) is 15.9 Å². The van der Waals surface area contributed by atoms with Gasteiger partial charge in [-0.15, -0.1) is 21.5 Å². The van der Waals surface area contributed by atoms with Crippen molar-refractivity contribution in [2.75, 3.05) is 12.4 Å². The Morgan fingerprint density at radius 2 is 2.28 bits per heavy atom. The van der Waals surface area contributed by atoms with Gasteiger partial charge in [-0.2, -0.15) is 0 Å². The lowest BCUT2D eigenvalue weighted by Crippen LogP contribution is -2.09. The number of fused-ring (bicyclic) bond motifs is 5. The molecule has 0 saturated carbocycles. The van der Waals surface area contributed by atoms with Crippen LogP contribution in [0.2, 0.25) is 0 Å². The molecule has 1 aliphatic carbocycles. The Morgan fingerprint density at radius 3 is 3.08 bits per heavy atom. The Bertz CT molecular complexity index is 963. The molecule has 1 unspecified atom stereocenters. The van der Waals surface area contributed by atoms with E-state index in [4.69, 9.17) is 9.72 Å². The number of hydrogen-bond acceptors (Lipinski definition) is 7. The first-order chi connectivity index (χ1) is 12.1. The van der Waals surface area contributed by atoms with Gasteiger partial charge in [0.1, 0.15) is 10.7 Å². The molecule has 3 heterocycles. The molecule has 3 aromatic rings. The first-order valence-electron chi connectivity index (χ1n) is 8.52. The molecule has 0 N–H and O–H groups in total. The maximum atomic E-state index is 11.6. The fraction of sp³-hybridized carbons (Fsp3) is 0.529. The largest absolute Gasteiger partial charge is 0.465 e. The highest BCUT2D eigenvalue weighted by molar-refractivity contribution is 7.99. The molecular formula is C17H20N4O2S2. The van der Waals surface area contributed by atoms with Crippen molar-refractivity contribution >= 4 is 44.9 Å². The number of rotatable bonds is 4. The Morgan fingerprint density at radius 1 is 1.44 bits per heavy atom. The first kappa shape index (κ1) is 16.8. The number of esters is 1. The quantitative estimate of drug-likeness (QED) is 0.513. The van der Waals surface area contributed by atoms with E-state index in [1.165, 1.54) is 28.6 Å². The minimum absolute atomic E-state index is 0.228. The maximum absolute atomic E-state index is 11.6. The molecule has 0 aliphatic heterocycles. The summed E-state index contributed by atoms with van der Waals surface area (Å²) >= 11 is 3.14. The van der Waals surface area contributed by atoms with E-state index in [1.54, 1.807) is 18.3 Å². The van der Waals surface area contributed by atoms with Crippen molar-refractivity contribution in [3.8, 4) is 0 Å². The van der Waals surface area contributed by atoms with Crippen molar-refractivity contribution in [3.05, 3.63) is 16.3 Å². The molecule has 6 nitrogen and oxygen atoms in total. The number of hydrogen-bond donors (Lipinski definition) is 0. The predicted octanol–water partition coefficient (Wildman–Crippen LogP) is 3.43. The van der Waals surface area contributed by atoms with Gasteiger partial charge in [0.25, 0.3) is 0 Å². The summed E-state index contributed by atoms with van der Waals surface area (Å²) in [5, 5.41) is 10.6. The van der Waals surface area contributed by atoms with Gasteiger partial charge in [0.15, 0.2) is 10.8 Å². The minimum atomic E-state index is -0.238. The second kappa shape index (κ2) is 6.57. The molecule has 0 aromatic carbocycles. The number of aromatic nitrogens is 4. The predicted molar refractivity (Wildman–Crippen MR) is 99.4 cm³/mol. The molecule has 4 rings (SSSR count). The first-order valence-corrected chi connectivity index (χ1v) is 10.3. The van der Waals surface area contributed by atoms with E-state index in [2.05, 4.69) is 17.1 Å². The molecule has 132 valence electrons. The second-order valence-electron chi connectivity index (χ2n) is 6.43. The van der Waals surface area contributed by atoms with E-state index < -0.39 is 0 Å². The molecular weight excluding hydrogens is 356 g/mol. The highest BCUT2D eigenvalue weighted by Crippen LogP contribution is 2.39. The number of carbonyl (C=O) groups is 1. The number of nitrogens with zero attached hydrogens (tertiary/aromatic N) is 4. The summed E-state index contributed by atoms with van der Waals surface area (Å²) in [6, 6.07) is 0. The summed E-state index contributed by atoms with van der Waals surface area (Å²) in [4.78, 5) is 18.9. The molecule has 0 fully saturated rings. The summed E-state index contributed by atoms with van der Waals surface area (Å²) in [5.41, 5.74) is 2.26. The zero-order valence-electron chi connectivity index (χ0n) is 14.5. The van der Waals surface area contributed by atoms with Gasteiger partial charge in [0.2, 0.25) is 0 Å². The van der Waals surface area contributed by atoms with Crippen LogP contribution < -0.4 is 0 Å². The van der Waals surface area contributed by atoms with Crippen LogP contribution in [0.15, 0.2) is 5.16 Å². The zero-order valence-corrected chi connectivity index (χ0v) is 16.2. The van der Waals surface area contributed by atoms with E-state index in [0.29, 0.717) is 11.8 Å². The normalized spacial score (nSPS) is 17.2. The third-order valence-electron chi connectivity index (χ3n) is 4.56. The van der Waals surface area contributed by atoms with Crippen molar-refractivity contribution in [2.24, 2.45) is 5.92 Å². The fourth-order valence-corrected chi connectivity index (χ4v) is 5.59. The van der Waals surface area contributed by atoms with Gasteiger partial charge >= 0.3 is 5.97 Å².